The van der Waals surface area contributed by atoms with Crippen molar-refractivity contribution in [1.82, 2.24) is 5.32 Å². The lowest BCUT2D eigenvalue weighted by molar-refractivity contribution is 0.410. The first kappa shape index (κ1) is 16.3. The Bertz CT molecular complexity index is 636. The van der Waals surface area contributed by atoms with Crippen LogP contribution in [-0.2, 0) is 0 Å². The van der Waals surface area contributed by atoms with E-state index in [2.05, 4.69) is 21.2 Å². The van der Waals surface area contributed by atoms with E-state index in [1.807, 2.05) is 25.1 Å². The summed E-state index contributed by atoms with van der Waals surface area (Å²) in [6.45, 7) is 2.69. The van der Waals surface area contributed by atoms with Crippen molar-refractivity contribution >= 4 is 27.5 Å². The second-order valence-corrected chi connectivity index (χ2v) is 5.81. The van der Waals surface area contributed by atoms with Crippen LogP contribution in [0.15, 0.2) is 40.9 Å². The Hall–Kier alpha value is -1.10. The summed E-state index contributed by atoms with van der Waals surface area (Å²) in [5.41, 5.74) is 1.48. The van der Waals surface area contributed by atoms with E-state index < -0.39 is 0 Å². The molecule has 0 fully saturated rings. The molecule has 2 nitrogen and oxygen atoms in total. The minimum Gasteiger partial charge on any atom is -0.497 e. The Kier molecular flexibility index (Phi) is 5.62. The molecule has 0 saturated heterocycles. The topological polar surface area (TPSA) is 21.3 Å². The molecule has 1 atom stereocenters. The third-order valence-electron chi connectivity index (χ3n) is 3.20. The molecule has 0 saturated carbocycles. The van der Waals surface area contributed by atoms with Crippen molar-refractivity contribution in [3.63, 3.8) is 0 Å². The Morgan fingerprint density at radius 3 is 2.62 bits per heavy atom. The van der Waals surface area contributed by atoms with Gasteiger partial charge in [0.05, 0.1) is 18.2 Å². The van der Waals surface area contributed by atoms with Crippen molar-refractivity contribution in [1.29, 1.82) is 0 Å². The molecule has 21 heavy (non-hydrogen) atoms. The largest absolute Gasteiger partial charge is 0.497 e. The second-order valence-electron chi connectivity index (χ2n) is 4.55. The summed E-state index contributed by atoms with van der Waals surface area (Å²) in [6, 6.07) is 10.2. The zero-order valence-corrected chi connectivity index (χ0v) is 14.1. The summed E-state index contributed by atoms with van der Waals surface area (Å²) in [4.78, 5) is 0. The van der Waals surface area contributed by atoms with E-state index in [1.165, 1.54) is 13.2 Å². The normalized spacial score (nSPS) is 12.2. The quantitative estimate of drug-likeness (QED) is 0.802. The maximum atomic E-state index is 14.3. The van der Waals surface area contributed by atoms with Gasteiger partial charge in [0.15, 0.2) is 0 Å². The predicted molar refractivity (Wildman–Crippen MR) is 87.6 cm³/mol. The first-order valence-electron chi connectivity index (χ1n) is 6.58. The molecule has 0 aliphatic heterocycles. The van der Waals surface area contributed by atoms with E-state index in [1.54, 1.807) is 12.1 Å². The van der Waals surface area contributed by atoms with Gasteiger partial charge in [0.25, 0.3) is 0 Å². The van der Waals surface area contributed by atoms with Crippen molar-refractivity contribution in [2.45, 2.75) is 13.0 Å². The minimum absolute atomic E-state index is 0.258. The van der Waals surface area contributed by atoms with Crippen molar-refractivity contribution in [3.05, 3.63) is 62.8 Å². The average molecular weight is 373 g/mol. The van der Waals surface area contributed by atoms with Crippen LogP contribution in [0.5, 0.6) is 5.75 Å². The summed E-state index contributed by atoms with van der Waals surface area (Å²) in [6.07, 6.45) is 0. The van der Waals surface area contributed by atoms with Gasteiger partial charge in [-0.15, -0.1) is 0 Å². The van der Waals surface area contributed by atoms with Crippen LogP contribution < -0.4 is 10.1 Å². The molecule has 2 aromatic carbocycles. The van der Waals surface area contributed by atoms with Gasteiger partial charge in [0.2, 0.25) is 0 Å². The van der Waals surface area contributed by atoms with Gasteiger partial charge in [-0.05, 0) is 46.2 Å². The van der Waals surface area contributed by atoms with Crippen molar-refractivity contribution in [2.24, 2.45) is 0 Å². The molecule has 1 N–H and O–H groups in total. The first-order valence-corrected chi connectivity index (χ1v) is 7.75. The molecule has 5 heteroatoms. The Labute approximate surface area is 137 Å². The molecule has 0 spiro atoms. The molecular weight excluding hydrogens is 357 g/mol. The molecule has 2 aromatic rings. The maximum Gasteiger partial charge on any atom is 0.132 e. The Morgan fingerprint density at radius 1 is 1.29 bits per heavy atom. The molecule has 0 amide bonds. The van der Waals surface area contributed by atoms with Gasteiger partial charge in [-0.25, -0.2) is 4.39 Å². The number of hydrogen-bond donors (Lipinski definition) is 1. The molecule has 1 unspecified atom stereocenters. The lowest BCUT2D eigenvalue weighted by Gasteiger charge is -2.20. The molecule has 2 rings (SSSR count). The fourth-order valence-corrected chi connectivity index (χ4v) is 2.61. The standard InChI is InChI=1S/C16H16BrClFNO/c1-3-20-16(10-4-7-13(17)14(18)8-10)12-6-5-11(21-2)9-15(12)19/h4-9,16,20H,3H2,1-2H3. The van der Waals surface area contributed by atoms with E-state index in [0.717, 1.165) is 10.0 Å². The summed E-state index contributed by atoms with van der Waals surface area (Å²) < 4.78 is 20.2. The van der Waals surface area contributed by atoms with Gasteiger partial charge in [-0.1, -0.05) is 30.7 Å². The molecule has 0 aromatic heterocycles. The Balaban J connectivity index is 2.45. The molecule has 112 valence electrons. The monoisotopic (exact) mass is 371 g/mol. The fourth-order valence-electron chi connectivity index (χ4n) is 2.17. The summed E-state index contributed by atoms with van der Waals surface area (Å²) in [7, 11) is 1.52. The zero-order valence-electron chi connectivity index (χ0n) is 11.8. The van der Waals surface area contributed by atoms with Gasteiger partial charge in [-0.2, -0.15) is 0 Å². The van der Waals surface area contributed by atoms with Crippen LogP contribution in [0.3, 0.4) is 0 Å². The van der Waals surface area contributed by atoms with Gasteiger partial charge in [0, 0.05) is 16.1 Å². The van der Waals surface area contributed by atoms with Crippen LogP contribution in [0.25, 0.3) is 0 Å². The number of benzene rings is 2. The third kappa shape index (κ3) is 3.76. The number of halogens is 3. The number of ether oxygens (including phenoxy) is 1. The molecule has 0 bridgehead atoms. The number of nitrogens with one attached hydrogen (secondary N) is 1. The van der Waals surface area contributed by atoms with E-state index in [-0.39, 0.29) is 11.9 Å². The average Bonchev–Trinajstić information content (AvgIpc) is 2.48. The van der Waals surface area contributed by atoms with Gasteiger partial charge in [0.1, 0.15) is 11.6 Å². The molecule has 0 heterocycles. The van der Waals surface area contributed by atoms with E-state index >= 15 is 0 Å². The van der Waals surface area contributed by atoms with Crippen molar-refractivity contribution < 1.29 is 9.13 Å². The lowest BCUT2D eigenvalue weighted by atomic mass is 9.98. The predicted octanol–water partition coefficient (Wildman–Crippen LogP) is 4.95. The number of methoxy groups -OCH3 is 1. The van der Waals surface area contributed by atoms with Crippen LogP contribution in [0.4, 0.5) is 4.39 Å². The van der Waals surface area contributed by atoms with Crippen LogP contribution in [0.1, 0.15) is 24.1 Å². The highest BCUT2D eigenvalue weighted by Crippen LogP contribution is 2.31. The van der Waals surface area contributed by atoms with Gasteiger partial charge >= 0.3 is 0 Å². The minimum atomic E-state index is -0.306. The molecule has 0 aliphatic rings. The summed E-state index contributed by atoms with van der Waals surface area (Å²) >= 11 is 9.51. The van der Waals surface area contributed by atoms with E-state index in [9.17, 15) is 4.39 Å². The highest BCUT2D eigenvalue weighted by molar-refractivity contribution is 9.10. The first-order chi connectivity index (χ1) is 10.1. The zero-order chi connectivity index (χ0) is 15.4. The second kappa shape index (κ2) is 7.25. The molecular formula is C16H16BrClFNO. The van der Waals surface area contributed by atoms with E-state index in [0.29, 0.717) is 22.9 Å². The maximum absolute atomic E-state index is 14.3. The number of hydrogen-bond acceptors (Lipinski definition) is 2. The van der Waals surface area contributed by atoms with Crippen molar-refractivity contribution in [3.8, 4) is 5.75 Å². The smallest absolute Gasteiger partial charge is 0.132 e. The highest BCUT2D eigenvalue weighted by atomic mass is 79.9. The third-order valence-corrected chi connectivity index (χ3v) is 4.44. The number of rotatable bonds is 5. The van der Waals surface area contributed by atoms with Gasteiger partial charge in [-0.3, -0.25) is 0 Å². The van der Waals surface area contributed by atoms with Crippen LogP contribution in [0, 0.1) is 5.82 Å². The van der Waals surface area contributed by atoms with Crippen LogP contribution in [-0.4, -0.2) is 13.7 Å². The lowest BCUT2D eigenvalue weighted by Crippen LogP contribution is -2.23. The summed E-state index contributed by atoms with van der Waals surface area (Å²) in [5, 5.41) is 3.89. The fraction of sp³-hybridized carbons (Fsp3) is 0.250. The van der Waals surface area contributed by atoms with Crippen LogP contribution in [0.2, 0.25) is 5.02 Å². The SMILES string of the molecule is CCNC(c1ccc(Br)c(Cl)c1)c1ccc(OC)cc1F. The molecule has 0 radical (unpaired) electrons. The summed E-state index contributed by atoms with van der Waals surface area (Å²) in [5.74, 6) is 0.194. The van der Waals surface area contributed by atoms with Crippen LogP contribution >= 0.6 is 27.5 Å². The molecule has 0 aliphatic carbocycles. The highest BCUT2D eigenvalue weighted by Gasteiger charge is 2.18. The van der Waals surface area contributed by atoms with Gasteiger partial charge < -0.3 is 10.1 Å². The Morgan fingerprint density at radius 2 is 2.05 bits per heavy atom. The van der Waals surface area contributed by atoms with Crippen molar-refractivity contribution in [2.75, 3.05) is 13.7 Å². The van der Waals surface area contributed by atoms with E-state index in [4.69, 9.17) is 16.3 Å².